The van der Waals surface area contributed by atoms with E-state index in [1.54, 1.807) is 6.08 Å². The fourth-order valence-corrected chi connectivity index (χ4v) is 6.54. The van der Waals surface area contributed by atoms with Crippen molar-refractivity contribution >= 4 is 68.4 Å². The summed E-state index contributed by atoms with van der Waals surface area (Å²) in [6.45, 7) is 1.69. The number of allylic oxidation sites excluding steroid dienone is 2. The number of nitrogens with two attached hydrogens (primary N) is 1. The number of aryl methyl sites for hydroxylation is 1. The molecule has 1 aliphatic heterocycles. The van der Waals surface area contributed by atoms with Crippen molar-refractivity contribution in [1.82, 2.24) is 4.90 Å². The van der Waals surface area contributed by atoms with Gasteiger partial charge in [0.15, 0.2) is 0 Å². The molecule has 1 fully saturated rings. The maximum Gasteiger partial charge on any atom is 0.266 e. The highest BCUT2D eigenvalue weighted by Crippen LogP contribution is 2.38. The van der Waals surface area contributed by atoms with Gasteiger partial charge in [0.1, 0.15) is 15.9 Å². The Balaban J connectivity index is 1.46. The highest BCUT2D eigenvalue weighted by Gasteiger charge is 2.34. The number of carbonyl (C=O) groups excluding carboxylic acids is 3. The molecular formula is C24H23N3O3S3. The molecule has 1 saturated heterocycles. The number of rotatable bonds is 6. The number of thiophene rings is 1. The second-order valence-electron chi connectivity index (χ2n) is 7.89. The fourth-order valence-electron chi connectivity index (χ4n) is 3.92. The number of benzene rings is 1. The van der Waals surface area contributed by atoms with Crippen LogP contribution in [0.2, 0.25) is 0 Å². The molecule has 0 atom stereocenters. The summed E-state index contributed by atoms with van der Waals surface area (Å²) in [5.74, 6) is -1.26. The van der Waals surface area contributed by atoms with E-state index in [9.17, 15) is 14.4 Å². The molecule has 1 aliphatic carbocycles. The second-order valence-corrected chi connectivity index (χ2v) is 10.7. The molecule has 3 amide bonds. The smallest absolute Gasteiger partial charge is 0.266 e. The van der Waals surface area contributed by atoms with Gasteiger partial charge in [-0.2, -0.15) is 0 Å². The molecule has 4 rings (SSSR count). The molecule has 0 radical (unpaired) electrons. The molecule has 2 aromatic rings. The summed E-state index contributed by atoms with van der Waals surface area (Å²) in [5, 5.41) is 3.25. The number of fused-ring (bicyclic) bond motifs is 1. The zero-order valence-electron chi connectivity index (χ0n) is 18.1. The van der Waals surface area contributed by atoms with Gasteiger partial charge in [-0.3, -0.25) is 19.3 Å². The monoisotopic (exact) mass is 497 g/mol. The molecule has 1 aromatic carbocycles. The van der Waals surface area contributed by atoms with Crippen molar-refractivity contribution in [3.63, 3.8) is 0 Å². The zero-order valence-corrected chi connectivity index (χ0v) is 20.5. The van der Waals surface area contributed by atoms with E-state index in [0.717, 1.165) is 47.3 Å². The van der Waals surface area contributed by atoms with Crippen LogP contribution in [-0.4, -0.2) is 33.5 Å². The van der Waals surface area contributed by atoms with E-state index in [1.165, 1.54) is 28.0 Å². The maximum atomic E-state index is 12.9. The van der Waals surface area contributed by atoms with Gasteiger partial charge in [-0.25, -0.2) is 0 Å². The van der Waals surface area contributed by atoms with Crippen molar-refractivity contribution in [1.29, 1.82) is 0 Å². The number of carbonyl (C=O) groups is 3. The van der Waals surface area contributed by atoms with Gasteiger partial charge in [0.2, 0.25) is 5.91 Å². The largest absolute Gasteiger partial charge is 0.365 e. The van der Waals surface area contributed by atoms with Crippen molar-refractivity contribution in [3.8, 4) is 0 Å². The number of nitrogens with one attached hydrogen (secondary N) is 1. The van der Waals surface area contributed by atoms with Crippen LogP contribution in [0.15, 0.2) is 46.9 Å². The van der Waals surface area contributed by atoms with E-state index < -0.39 is 11.8 Å². The fraction of sp³-hybridized carbons (Fsp3) is 0.250. The Bertz CT molecular complexity index is 1200. The Hall–Kier alpha value is -2.75. The first kappa shape index (κ1) is 23.4. The average molecular weight is 498 g/mol. The number of anilines is 1. The molecule has 9 heteroatoms. The minimum absolute atomic E-state index is 0.218. The molecule has 2 heterocycles. The van der Waals surface area contributed by atoms with Crippen molar-refractivity contribution in [2.24, 2.45) is 5.73 Å². The highest BCUT2D eigenvalue weighted by atomic mass is 32.2. The molecular weight excluding hydrogens is 474 g/mol. The molecule has 1 aromatic heterocycles. The Morgan fingerprint density at radius 1 is 1.21 bits per heavy atom. The minimum Gasteiger partial charge on any atom is -0.365 e. The van der Waals surface area contributed by atoms with Crippen LogP contribution >= 0.6 is 35.3 Å². The molecule has 3 N–H and O–H groups in total. The van der Waals surface area contributed by atoms with Crippen molar-refractivity contribution < 1.29 is 14.4 Å². The third-order valence-electron chi connectivity index (χ3n) is 5.40. The van der Waals surface area contributed by atoms with Crippen molar-refractivity contribution in [2.75, 3.05) is 11.9 Å². The lowest BCUT2D eigenvalue weighted by atomic mass is 9.95. The van der Waals surface area contributed by atoms with Gasteiger partial charge >= 0.3 is 0 Å². The standard InChI is InChI=1S/C24H23N3O3S3/c1-14(11-15-7-3-2-4-8-15)12-18-23(30)27(24(31)33-18)13-19(28)26-22-20(21(25)29)16-9-5-6-10-17(16)32-22/h2-4,7-8,11-12H,5-6,9-10,13H2,1H3,(H2,25,29)(H,26,28). The van der Waals surface area contributed by atoms with Crippen LogP contribution in [0, 0.1) is 0 Å². The summed E-state index contributed by atoms with van der Waals surface area (Å²) in [7, 11) is 0. The van der Waals surface area contributed by atoms with Crippen LogP contribution < -0.4 is 11.1 Å². The lowest BCUT2D eigenvalue weighted by Gasteiger charge is -2.14. The molecule has 6 nitrogen and oxygen atoms in total. The van der Waals surface area contributed by atoms with Crippen LogP contribution in [0.25, 0.3) is 6.08 Å². The first-order chi connectivity index (χ1) is 15.8. The Morgan fingerprint density at radius 2 is 1.94 bits per heavy atom. The lowest BCUT2D eigenvalue weighted by Crippen LogP contribution is -2.36. The van der Waals surface area contributed by atoms with Gasteiger partial charge < -0.3 is 11.1 Å². The molecule has 0 bridgehead atoms. The molecule has 170 valence electrons. The minimum atomic E-state index is -0.543. The zero-order chi connectivity index (χ0) is 23.5. The predicted molar refractivity (Wildman–Crippen MR) is 138 cm³/mol. The first-order valence-corrected chi connectivity index (χ1v) is 12.6. The highest BCUT2D eigenvalue weighted by molar-refractivity contribution is 8.26. The van der Waals surface area contributed by atoms with Gasteiger partial charge in [-0.1, -0.05) is 60.4 Å². The van der Waals surface area contributed by atoms with E-state index in [4.69, 9.17) is 18.0 Å². The molecule has 0 saturated carbocycles. The number of thiocarbonyl (C=S) groups is 1. The Labute approximate surface area is 205 Å². The van der Waals surface area contributed by atoms with Gasteiger partial charge in [0, 0.05) is 4.88 Å². The predicted octanol–water partition coefficient (Wildman–Crippen LogP) is 4.51. The van der Waals surface area contributed by atoms with E-state index in [1.807, 2.05) is 43.3 Å². The molecule has 0 unspecified atom stereocenters. The lowest BCUT2D eigenvalue weighted by molar-refractivity contribution is -0.126. The number of thioether (sulfide) groups is 1. The number of hydrogen-bond acceptors (Lipinski definition) is 6. The number of nitrogens with zero attached hydrogens (tertiary/aromatic N) is 1. The number of amides is 3. The summed E-state index contributed by atoms with van der Waals surface area (Å²) in [5.41, 5.74) is 8.88. The first-order valence-electron chi connectivity index (χ1n) is 10.6. The topological polar surface area (TPSA) is 92.5 Å². The van der Waals surface area contributed by atoms with Crippen LogP contribution in [0.3, 0.4) is 0 Å². The Morgan fingerprint density at radius 3 is 2.67 bits per heavy atom. The number of hydrogen-bond donors (Lipinski definition) is 2. The van der Waals surface area contributed by atoms with Crippen LogP contribution in [0.1, 0.15) is 46.1 Å². The molecule has 2 aliphatic rings. The van der Waals surface area contributed by atoms with Gasteiger partial charge in [-0.15, -0.1) is 11.3 Å². The summed E-state index contributed by atoms with van der Waals surface area (Å²) in [4.78, 5) is 40.6. The summed E-state index contributed by atoms with van der Waals surface area (Å²) < 4.78 is 0.328. The quantitative estimate of drug-likeness (QED) is 0.452. The second kappa shape index (κ2) is 10.0. The van der Waals surface area contributed by atoms with E-state index in [-0.39, 0.29) is 12.5 Å². The molecule has 0 spiro atoms. The average Bonchev–Trinajstić information content (AvgIpc) is 3.26. The van der Waals surface area contributed by atoms with Gasteiger partial charge in [0.25, 0.3) is 11.8 Å². The normalized spacial score (nSPS) is 17.4. The van der Waals surface area contributed by atoms with Crippen LogP contribution in [0.5, 0.6) is 0 Å². The maximum absolute atomic E-state index is 12.9. The summed E-state index contributed by atoms with van der Waals surface area (Å²) >= 11 is 7.92. The third kappa shape index (κ3) is 5.26. The van der Waals surface area contributed by atoms with E-state index >= 15 is 0 Å². The third-order valence-corrected chi connectivity index (χ3v) is 7.98. The van der Waals surface area contributed by atoms with Crippen molar-refractivity contribution in [2.45, 2.75) is 32.6 Å². The molecule has 33 heavy (non-hydrogen) atoms. The van der Waals surface area contributed by atoms with E-state index in [0.29, 0.717) is 19.8 Å². The van der Waals surface area contributed by atoms with Crippen LogP contribution in [0.4, 0.5) is 5.00 Å². The summed E-state index contributed by atoms with van der Waals surface area (Å²) in [6.07, 6.45) is 7.48. The van der Waals surface area contributed by atoms with Crippen molar-refractivity contribution in [3.05, 3.63) is 68.5 Å². The van der Waals surface area contributed by atoms with Crippen LogP contribution in [-0.2, 0) is 22.4 Å². The Kier molecular flexibility index (Phi) is 7.11. The summed E-state index contributed by atoms with van der Waals surface area (Å²) in [6, 6.07) is 9.81. The number of primary amides is 1. The van der Waals surface area contributed by atoms with Gasteiger partial charge in [-0.05, 0) is 55.4 Å². The van der Waals surface area contributed by atoms with E-state index in [2.05, 4.69) is 5.32 Å². The van der Waals surface area contributed by atoms with Gasteiger partial charge in [0.05, 0.1) is 10.5 Å². The SMILES string of the molecule is CC(=Cc1ccccc1)C=C1SC(=S)N(CC(=O)Nc2sc3c(c2C(N)=O)CCCC3)C1=O.